The van der Waals surface area contributed by atoms with Crippen LogP contribution in [0.3, 0.4) is 0 Å². The highest BCUT2D eigenvalue weighted by molar-refractivity contribution is 7.80. The lowest BCUT2D eigenvalue weighted by Gasteiger charge is -2.24. The van der Waals surface area contributed by atoms with Gasteiger partial charge in [0.05, 0.1) is 10.7 Å². The Morgan fingerprint density at radius 1 is 1.58 bits per heavy atom. The summed E-state index contributed by atoms with van der Waals surface area (Å²) in [7, 11) is 1.78. The molecule has 5 nitrogen and oxygen atoms in total. The SMILES string of the molecule is Cc1cc(C(=O)N(CCC(N)=S)CC(C)C)n(C)n1. The van der Waals surface area contributed by atoms with E-state index in [9.17, 15) is 4.79 Å². The maximum atomic E-state index is 12.5. The lowest BCUT2D eigenvalue weighted by Crippen LogP contribution is -2.37. The molecule has 1 heterocycles. The number of thiocarbonyl (C=S) groups is 1. The molecule has 0 aliphatic rings. The van der Waals surface area contributed by atoms with Crippen LogP contribution in [0.5, 0.6) is 0 Å². The summed E-state index contributed by atoms with van der Waals surface area (Å²) in [4.78, 5) is 14.7. The van der Waals surface area contributed by atoms with E-state index < -0.39 is 0 Å². The molecule has 0 spiro atoms. The van der Waals surface area contributed by atoms with Crippen molar-refractivity contribution in [2.45, 2.75) is 27.2 Å². The van der Waals surface area contributed by atoms with Crippen LogP contribution in [-0.2, 0) is 7.05 Å². The Labute approximate surface area is 119 Å². The van der Waals surface area contributed by atoms with Gasteiger partial charge in [-0.05, 0) is 18.9 Å². The molecule has 0 atom stereocenters. The second-order valence-electron chi connectivity index (χ2n) is 5.16. The van der Waals surface area contributed by atoms with E-state index in [-0.39, 0.29) is 5.91 Å². The van der Waals surface area contributed by atoms with E-state index >= 15 is 0 Å². The Balaban J connectivity index is 2.86. The maximum absolute atomic E-state index is 12.5. The first-order valence-electron chi connectivity index (χ1n) is 6.39. The monoisotopic (exact) mass is 282 g/mol. The normalized spacial score (nSPS) is 10.8. The van der Waals surface area contributed by atoms with Crippen molar-refractivity contribution in [3.05, 3.63) is 17.5 Å². The van der Waals surface area contributed by atoms with E-state index in [1.165, 1.54) is 0 Å². The van der Waals surface area contributed by atoms with Gasteiger partial charge < -0.3 is 10.6 Å². The highest BCUT2D eigenvalue weighted by Crippen LogP contribution is 2.09. The maximum Gasteiger partial charge on any atom is 0.272 e. The standard InChI is InChI=1S/C13H22N4OS/c1-9(2)8-17(6-5-12(14)19)13(18)11-7-10(3)15-16(11)4/h7,9H,5-6,8H2,1-4H3,(H2,14,19). The van der Waals surface area contributed by atoms with Crippen molar-refractivity contribution in [1.82, 2.24) is 14.7 Å². The molecule has 6 heteroatoms. The zero-order valence-corrected chi connectivity index (χ0v) is 12.8. The predicted molar refractivity (Wildman–Crippen MR) is 80.1 cm³/mol. The molecular formula is C13H22N4OS. The van der Waals surface area contributed by atoms with Crippen molar-refractivity contribution < 1.29 is 4.79 Å². The highest BCUT2D eigenvalue weighted by Gasteiger charge is 2.20. The summed E-state index contributed by atoms with van der Waals surface area (Å²) in [5.41, 5.74) is 6.96. The number of nitrogens with two attached hydrogens (primary N) is 1. The number of aromatic nitrogens is 2. The Kier molecular flexibility index (Phi) is 5.47. The summed E-state index contributed by atoms with van der Waals surface area (Å²) < 4.78 is 1.62. The quantitative estimate of drug-likeness (QED) is 0.803. The number of hydrogen-bond acceptors (Lipinski definition) is 3. The average molecular weight is 282 g/mol. The van der Waals surface area contributed by atoms with Crippen LogP contribution in [0.2, 0.25) is 0 Å². The van der Waals surface area contributed by atoms with Crippen LogP contribution in [0, 0.1) is 12.8 Å². The van der Waals surface area contributed by atoms with E-state index in [0.29, 0.717) is 36.1 Å². The molecule has 0 aliphatic carbocycles. The highest BCUT2D eigenvalue weighted by atomic mass is 32.1. The molecule has 0 saturated heterocycles. The fraction of sp³-hybridized carbons (Fsp3) is 0.615. The summed E-state index contributed by atoms with van der Waals surface area (Å²) in [6.45, 7) is 7.27. The Bertz CT molecular complexity index is 467. The van der Waals surface area contributed by atoms with Crippen molar-refractivity contribution in [3.8, 4) is 0 Å². The Morgan fingerprint density at radius 2 is 2.21 bits per heavy atom. The molecule has 0 unspecified atom stereocenters. The molecule has 2 N–H and O–H groups in total. The van der Waals surface area contributed by atoms with Crippen LogP contribution in [0.1, 0.15) is 36.5 Å². The van der Waals surface area contributed by atoms with Crippen molar-refractivity contribution in [3.63, 3.8) is 0 Å². The zero-order chi connectivity index (χ0) is 14.6. The van der Waals surface area contributed by atoms with E-state index in [0.717, 1.165) is 5.69 Å². The molecule has 1 rings (SSSR count). The molecule has 19 heavy (non-hydrogen) atoms. The fourth-order valence-corrected chi connectivity index (χ4v) is 2.03. The van der Waals surface area contributed by atoms with Gasteiger partial charge in [-0.1, -0.05) is 26.1 Å². The molecule has 0 fully saturated rings. The van der Waals surface area contributed by atoms with Gasteiger partial charge in [0.15, 0.2) is 0 Å². The molecule has 0 aromatic carbocycles. The minimum absolute atomic E-state index is 0.0203. The van der Waals surface area contributed by atoms with Crippen LogP contribution in [0.25, 0.3) is 0 Å². The van der Waals surface area contributed by atoms with Crippen LogP contribution in [0.4, 0.5) is 0 Å². The molecule has 106 valence electrons. The van der Waals surface area contributed by atoms with Gasteiger partial charge in [-0.25, -0.2) is 0 Å². The molecule has 0 saturated carbocycles. The molecule has 0 radical (unpaired) electrons. The third kappa shape index (κ3) is 4.63. The molecule has 0 aliphatic heterocycles. The fourth-order valence-electron chi connectivity index (χ4n) is 1.93. The first-order chi connectivity index (χ1) is 8.81. The van der Waals surface area contributed by atoms with Gasteiger partial charge in [-0.15, -0.1) is 0 Å². The van der Waals surface area contributed by atoms with Crippen molar-refractivity contribution in [2.75, 3.05) is 13.1 Å². The second-order valence-corrected chi connectivity index (χ2v) is 5.68. The molecule has 0 bridgehead atoms. The van der Waals surface area contributed by atoms with Crippen LogP contribution in [0.15, 0.2) is 6.07 Å². The van der Waals surface area contributed by atoms with Crippen LogP contribution >= 0.6 is 12.2 Å². The van der Waals surface area contributed by atoms with E-state index in [4.69, 9.17) is 18.0 Å². The smallest absolute Gasteiger partial charge is 0.272 e. The zero-order valence-electron chi connectivity index (χ0n) is 12.0. The van der Waals surface area contributed by atoms with E-state index in [2.05, 4.69) is 18.9 Å². The van der Waals surface area contributed by atoms with Crippen LogP contribution in [-0.4, -0.2) is 38.7 Å². The topological polar surface area (TPSA) is 64.2 Å². The molecule has 1 amide bonds. The number of carbonyl (C=O) groups is 1. The summed E-state index contributed by atoms with van der Waals surface area (Å²) >= 11 is 4.88. The van der Waals surface area contributed by atoms with Gasteiger partial charge in [-0.2, -0.15) is 5.10 Å². The third-order valence-corrected chi connectivity index (χ3v) is 2.93. The van der Waals surface area contributed by atoms with Crippen LogP contribution < -0.4 is 5.73 Å². The molecule has 1 aromatic heterocycles. The number of nitrogens with zero attached hydrogens (tertiary/aromatic N) is 3. The predicted octanol–water partition coefficient (Wildman–Crippen LogP) is 1.50. The van der Waals surface area contributed by atoms with Gasteiger partial charge in [0.25, 0.3) is 5.91 Å². The minimum atomic E-state index is -0.0203. The minimum Gasteiger partial charge on any atom is -0.393 e. The van der Waals surface area contributed by atoms with Crippen molar-refractivity contribution in [1.29, 1.82) is 0 Å². The largest absolute Gasteiger partial charge is 0.393 e. The van der Waals surface area contributed by atoms with Gasteiger partial charge in [0.1, 0.15) is 5.69 Å². The number of carbonyl (C=O) groups excluding carboxylic acids is 1. The first-order valence-corrected chi connectivity index (χ1v) is 6.80. The number of hydrogen-bond donors (Lipinski definition) is 1. The van der Waals surface area contributed by atoms with E-state index in [1.54, 1.807) is 22.7 Å². The Morgan fingerprint density at radius 3 is 2.63 bits per heavy atom. The molecular weight excluding hydrogens is 260 g/mol. The first kappa shape index (κ1) is 15.6. The average Bonchev–Trinajstić information content (AvgIpc) is 2.62. The summed E-state index contributed by atoms with van der Waals surface area (Å²) in [5, 5.41) is 4.21. The number of aryl methyl sites for hydroxylation is 2. The summed E-state index contributed by atoms with van der Waals surface area (Å²) in [6.07, 6.45) is 0.546. The van der Waals surface area contributed by atoms with Crippen molar-refractivity contribution in [2.24, 2.45) is 18.7 Å². The second kappa shape index (κ2) is 6.65. The lowest BCUT2D eigenvalue weighted by molar-refractivity contribution is 0.0730. The number of amides is 1. The lowest BCUT2D eigenvalue weighted by atomic mass is 10.2. The van der Waals surface area contributed by atoms with Crippen molar-refractivity contribution >= 4 is 23.1 Å². The van der Waals surface area contributed by atoms with Gasteiger partial charge in [-0.3, -0.25) is 9.48 Å². The third-order valence-electron chi connectivity index (χ3n) is 2.72. The summed E-state index contributed by atoms with van der Waals surface area (Å²) in [6, 6.07) is 1.80. The Hall–Kier alpha value is -1.43. The summed E-state index contributed by atoms with van der Waals surface area (Å²) in [5.74, 6) is 0.373. The number of rotatable bonds is 6. The van der Waals surface area contributed by atoms with Gasteiger partial charge >= 0.3 is 0 Å². The van der Waals surface area contributed by atoms with Gasteiger partial charge in [0, 0.05) is 26.6 Å². The van der Waals surface area contributed by atoms with Gasteiger partial charge in [0.2, 0.25) is 0 Å². The van der Waals surface area contributed by atoms with E-state index in [1.807, 2.05) is 6.92 Å². The molecule has 1 aromatic rings.